The number of methoxy groups -OCH3 is 2. The van der Waals surface area contributed by atoms with Crippen molar-refractivity contribution in [2.75, 3.05) is 14.2 Å². The molecular weight excluding hydrogens is 300 g/mol. The monoisotopic (exact) mass is 312 g/mol. The van der Waals surface area contributed by atoms with Crippen molar-refractivity contribution >= 4 is 15.9 Å². The molecule has 0 aliphatic carbocycles. The maximum Gasteiger partial charge on any atom is 0.142 e. The first-order valence-corrected chi connectivity index (χ1v) is 6.06. The summed E-state index contributed by atoms with van der Waals surface area (Å²) in [7, 11) is 3.19. The molecular formula is C12H13BrN2O3. The van der Waals surface area contributed by atoms with E-state index in [1.165, 1.54) is 0 Å². The number of hydrogen-bond donors (Lipinski definition) is 2. The largest absolute Gasteiger partial charge is 0.497 e. The van der Waals surface area contributed by atoms with Gasteiger partial charge in [0.05, 0.1) is 32.1 Å². The number of imidazole rings is 1. The van der Waals surface area contributed by atoms with Gasteiger partial charge in [0, 0.05) is 6.07 Å². The van der Waals surface area contributed by atoms with Gasteiger partial charge in [0.25, 0.3) is 0 Å². The second-order valence-corrected chi connectivity index (χ2v) is 4.33. The van der Waals surface area contributed by atoms with Crippen molar-refractivity contribution in [1.82, 2.24) is 9.97 Å². The summed E-state index contributed by atoms with van der Waals surface area (Å²) >= 11 is 3.28. The molecule has 96 valence electrons. The molecule has 1 aromatic heterocycles. The number of hydrogen-bond acceptors (Lipinski definition) is 4. The summed E-state index contributed by atoms with van der Waals surface area (Å²) in [5, 5.41) is 9.13. The second kappa shape index (κ2) is 5.41. The van der Waals surface area contributed by atoms with Gasteiger partial charge in [0.1, 0.15) is 21.9 Å². The predicted octanol–water partition coefficient (Wildman–Crippen LogP) is 2.35. The van der Waals surface area contributed by atoms with Gasteiger partial charge in [-0.15, -0.1) is 0 Å². The van der Waals surface area contributed by atoms with Gasteiger partial charge >= 0.3 is 0 Å². The highest BCUT2D eigenvalue weighted by molar-refractivity contribution is 9.10. The lowest BCUT2D eigenvalue weighted by Crippen LogP contribution is -1.91. The normalized spacial score (nSPS) is 10.4. The molecule has 18 heavy (non-hydrogen) atoms. The van der Waals surface area contributed by atoms with Crippen molar-refractivity contribution in [2.24, 2.45) is 0 Å². The highest BCUT2D eigenvalue weighted by Crippen LogP contribution is 2.32. The molecule has 2 rings (SSSR count). The smallest absolute Gasteiger partial charge is 0.142 e. The summed E-state index contributed by atoms with van der Waals surface area (Å²) in [4.78, 5) is 7.33. The summed E-state index contributed by atoms with van der Waals surface area (Å²) in [5.41, 5.74) is 1.43. The van der Waals surface area contributed by atoms with Crippen molar-refractivity contribution in [3.8, 4) is 22.9 Å². The lowest BCUT2D eigenvalue weighted by Gasteiger charge is -2.08. The number of H-pyrrole nitrogens is 1. The van der Waals surface area contributed by atoms with E-state index in [-0.39, 0.29) is 6.61 Å². The van der Waals surface area contributed by atoms with E-state index in [1.54, 1.807) is 20.3 Å². The number of rotatable bonds is 4. The van der Waals surface area contributed by atoms with Crippen LogP contribution in [0.1, 0.15) is 5.69 Å². The molecule has 0 aliphatic heterocycles. The van der Waals surface area contributed by atoms with Gasteiger partial charge < -0.3 is 19.6 Å². The number of nitrogens with one attached hydrogen (secondary N) is 1. The molecule has 0 saturated heterocycles. The predicted molar refractivity (Wildman–Crippen MR) is 70.8 cm³/mol. The Balaban J connectivity index is 2.48. The summed E-state index contributed by atoms with van der Waals surface area (Å²) in [6.07, 6.45) is 0. The number of ether oxygens (including phenoxy) is 2. The minimum atomic E-state index is -0.105. The molecule has 6 heteroatoms. The molecule has 1 aromatic carbocycles. The highest BCUT2D eigenvalue weighted by atomic mass is 79.9. The second-order valence-electron chi connectivity index (χ2n) is 3.58. The lowest BCUT2D eigenvalue weighted by molar-refractivity contribution is 0.276. The number of aromatic nitrogens is 2. The van der Waals surface area contributed by atoms with Crippen LogP contribution in [-0.2, 0) is 6.61 Å². The molecule has 0 atom stereocenters. The van der Waals surface area contributed by atoms with Crippen LogP contribution in [0.4, 0.5) is 0 Å². The molecule has 5 nitrogen and oxygen atoms in total. The standard InChI is InChI=1S/C12H13BrN2O3/c1-17-7-3-4-8(10(5-7)18-2)12-14-9(6-16)11(13)15-12/h3-5,16H,6H2,1-2H3,(H,14,15). The zero-order chi connectivity index (χ0) is 13.1. The molecule has 1 heterocycles. The third-order valence-electron chi connectivity index (χ3n) is 2.55. The molecule has 0 radical (unpaired) electrons. The third-order valence-corrected chi connectivity index (χ3v) is 3.21. The van der Waals surface area contributed by atoms with Gasteiger partial charge in [-0.25, -0.2) is 4.98 Å². The van der Waals surface area contributed by atoms with Crippen molar-refractivity contribution in [3.63, 3.8) is 0 Å². The van der Waals surface area contributed by atoms with Crippen molar-refractivity contribution in [3.05, 3.63) is 28.5 Å². The quantitative estimate of drug-likeness (QED) is 0.909. The van der Waals surface area contributed by atoms with Gasteiger partial charge in [-0.05, 0) is 28.1 Å². The van der Waals surface area contributed by atoms with Crippen molar-refractivity contribution < 1.29 is 14.6 Å². The van der Waals surface area contributed by atoms with Crippen LogP contribution in [0, 0.1) is 0 Å². The molecule has 0 unspecified atom stereocenters. The average molecular weight is 313 g/mol. The summed E-state index contributed by atoms with van der Waals surface area (Å²) in [6, 6.07) is 5.46. The summed E-state index contributed by atoms with van der Waals surface area (Å²) in [6.45, 7) is -0.105. The van der Waals surface area contributed by atoms with E-state index in [0.29, 0.717) is 27.6 Å². The van der Waals surface area contributed by atoms with Gasteiger partial charge in [-0.1, -0.05) is 0 Å². The topological polar surface area (TPSA) is 67.4 Å². The van der Waals surface area contributed by atoms with E-state index < -0.39 is 0 Å². The van der Waals surface area contributed by atoms with E-state index in [9.17, 15) is 0 Å². The van der Waals surface area contributed by atoms with E-state index >= 15 is 0 Å². The Morgan fingerprint density at radius 1 is 1.33 bits per heavy atom. The van der Waals surface area contributed by atoms with Crippen LogP contribution in [0.15, 0.2) is 22.8 Å². The van der Waals surface area contributed by atoms with Gasteiger partial charge in [0.2, 0.25) is 0 Å². The first-order chi connectivity index (χ1) is 8.69. The van der Waals surface area contributed by atoms with Gasteiger partial charge in [-0.3, -0.25) is 0 Å². The van der Waals surface area contributed by atoms with Crippen LogP contribution in [0.2, 0.25) is 0 Å². The Morgan fingerprint density at radius 2 is 2.11 bits per heavy atom. The Kier molecular flexibility index (Phi) is 3.88. The Morgan fingerprint density at radius 3 is 2.67 bits per heavy atom. The summed E-state index contributed by atoms with van der Waals surface area (Å²) < 4.78 is 11.0. The Labute approximate surface area is 113 Å². The highest BCUT2D eigenvalue weighted by Gasteiger charge is 2.13. The number of aliphatic hydroxyl groups excluding tert-OH is 1. The fourth-order valence-corrected chi connectivity index (χ4v) is 2.02. The molecule has 0 amide bonds. The number of aromatic amines is 1. The first-order valence-electron chi connectivity index (χ1n) is 5.27. The molecule has 0 spiro atoms. The van der Waals surface area contributed by atoms with E-state index in [1.807, 2.05) is 12.1 Å². The number of nitrogens with zero attached hydrogens (tertiary/aromatic N) is 1. The molecule has 0 saturated carbocycles. The zero-order valence-corrected chi connectivity index (χ0v) is 11.6. The SMILES string of the molecule is COc1ccc(-c2nc(Br)c(CO)[nH]2)c(OC)c1. The zero-order valence-electron chi connectivity index (χ0n) is 10.0. The maximum absolute atomic E-state index is 9.13. The number of aliphatic hydroxyl groups is 1. The number of halogens is 1. The molecule has 2 N–H and O–H groups in total. The fraction of sp³-hybridized carbons (Fsp3) is 0.250. The van der Waals surface area contributed by atoms with Gasteiger partial charge in [-0.2, -0.15) is 0 Å². The van der Waals surface area contributed by atoms with E-state index in [2.05, 4.69) is 25.9 Å². The van der Waals surface area contributed by atoms with Crippen LogP contribution in [0.5, 0.6) is 11.5 Å². The molecule has 0 aliphatic rings. The van der Waals surface area contributed by atoms with Gasteiger partial charge in [0.15, 0.2) is 0 Å². The first kappa shape index (κ1) is 12.9. The van der Waals surface area contributed by atoms with Crippen molar-refractivity contribution in [2.45, 2.75) is 6.61 Å². The van der Waals surface area contributed by atoms with E-state index in [0.717, 1.165) is 5.56 Å². The molecule has 0 fully saturated rings. The lowest BCUT2D eigenvalue weighted by atomic mass is 10.2. The fourth-order valence-electron chi connectivity index (χ4n) is 1.61. The van der Waals surface area contributed by atoms with Crippen LogP contribution < -0.4 is 9.47 Å². The minimum absolute atomic E-state index is 0.105. The summed E-state index contributed by atoms with van der Waals surface area (Å²) in [5.74, 6) is 1.99. The molecule has 0 bridgehead atoms. The van der Waals surface area contributed by atoms with E-state index in [4.69, 9.17) is 14.6 Å². The van der Waals surface area contributed by atoms with Crippen LogP contribution >= 0.6 is 15.9 Å². The van der Waals surface area contributed by atoms with Crippen molar-refractivity contribution in [1.29, 1.82) is 0 Å². The van der Waals surface area contributed by atoms with Crippen LogP contribution in [-0.4, -0.2) is 29.3 Å². The number of benzene rings is 1. The Bertz CT molecular complexity index is 554. The molecule has 2 aromatic rings. The average Bonchev–Trinajstić information content (AvgIpc) is 2.79. The third kappa shape index (κ3) is 2.34. The van der Waals surface area contributed by atoms with Crippen LogP contribution in [0.3, 0.4) is 0 Å². The maximum atomic E-state index is 9.13. The van der Waals surface area contributed by atoms with Crippen LogP contribution in [0.25, 0.3) is 11.4 Å². The Hall–Kier alpha value is -1.53. The minimum Gasteiger partial charge on any atom is -0.497 e.